The van der Waals surface area contributed by atoms with Crippen molar-refractivity contribution in [3.63, 3.8) is 0 Å². The topological polar surface area (TPSA) is 63.7 Å². The Morgan fingerprint density at radius 3 is 2.45 bits per heavy atom. The Kier molecular flexibility index (Phi) is 8.04. The van der Waals surface area contributed by atoms with Crippen LogP contribution in [0, 0.1) is 5.82 Å². The van der Waals surface area contributed by atoms with Crippen LogP contribution in [0.1, 0.15) is 75.6 Å². The third kappa shape index (κ3) is 5.97. The number of anilines is 1. The molecule has 4 rings (SSSR count). The number of nitrogens with zero attached hydrogens (tertiary/aromatic N) is 2. The number of carbonyl (C=O) groups excluding carboxylic acids is 1. The zero-order valence-corrected chi connectivity index (χ0v) is 22.4. The number of alkyl halides is 2. The maximum absolute atomic E-state index is 14.8. The molecule has 0 saturated carbocycles. The van der Waals surface area contributed by atoms with Crippen LogP contribution >= 0.6 is 0 Å². The number of piperidine rings is 1. The fourth-order valence-electron chi connectivity index (χ4n) is 4.89. The van der Waals surface area contributed by atoms with Gasteiger partial charge in [0.25, 0.3) is 6.43 Å². The first kappa shape index (κ1) is 27.5. The quantitative estimate of drug-likeness (QED) is 0.356. The average molecular weight is 530 g/mol. The van der Waals surface area contributed by atoms with E-state index in [9.17, 15) is 18.0 Å². The highest BCUT2D eigenvalue weighted by molar-refractivity contribution is 5.93. The van der Waals surface area contributed by atoms with Crippen LogP contribution < -0.4 is 10.1 Å². The summed E-state index contributed by atoms with van der Waals surface area (Å²) in [6.45, 7) is 8.41. The smallest absolute Gasteiger partial charge is 0.410 e. The van der Waals surface area contributed by atoms with E-state index in [0.29, 0.717) is 30.0 Å². The SMILES string of the molecule is COc1cc2nccc(N[C@H](C)c3cccc(C(F)F)c3F)c2cc1C1CCN(C(=O)OC(C)(C)C)CC1. The van der Waals surface area contributed by atoms with Crippen molar-refractivity contribution in [1.82, 2.24) is 9.88 Å². The van der Waals surface area contributed by atoms with E-state index in [1.54, 1.807) is 31.2 Å². The Balaban J connectivity index is 1.60. The Morgan fingerprint density at radius 1 is 1.13 bits per heavy atom. The molecule has 6 nitrogen and oxygen atoms in total. The lowest BCUT2D eigenvalue weighted by atomic mass is 9.88. The molecule has 0 aliphatic carbocycles. The summed E-state index contributed by atoms with van der Waals surface area (Å²) in [4.78, 5) is 18.7. The lowest BCUT2D eigenvalue weighted by molar-refractivity contribution is 0.0204. The highest BCUT2D eigenvalue weighted by Gasteiger charge is 2.29. The van der Waals surface area contributed by atoms with Gasteiger partial charge in [0, 0.05) is 42.0 Å². The molecule has 1 saturated heterocycles. The normalized spacial score (nSPS) is 15.6. The van der Waals surface area contributed by atoms with Gasteiger partial charge in [-0.1, -0.05) is 18.2 Å². The maximum atomic E-state index is 14.8. The number of nitrogens with one attached hydrogen (secondary N) is 1. The van der Waals surface area contributed by atoms with Crippen molar-refractivity contribution < 1.29 is 27.4 Å². The van der Waals surface area contributed by atoms with E-state index < -0.39 is 29.4 Å². The number of hydrogen-bond acceptors (Lipinski definition) is 5. The molecule has 0 spiro atoms. The Labute approximate surface area is 221 Å². The number of carbonyl (C=O) groups is 1. The molecule has 1 aliphatic rings. The number of methoxy groups -OCH3 is 1. The van der Waals surface area contributed by atoms with E-state index in [1.165, 1.54) is 12.1 Å². The molecule has 0 bridgehead atoms. The van der Waals surface area contributed by atoms with Gasteiger partial charge < -0.3 is 19.7 Å². The lowest BCUT2D eigenvalue weighted by Gasteiger charge is -2.34. The second kappa shape index (κ2) is 11.1. The number of rotatable bonds is 6. The van der Waals surface area contributed by atoms with Crippen molar-refractivity contribution in [3.8, 4) is 5.75 Å². The van der Waals surface area contributed by atoms with E-state index >= 15 is 0 Å². The van der Waals surface area contributed by atoms with Crippen molar-refractivity contribution in [2.24, 2.45) is 0 Å². The van der Waals surface area contributed by atoms with Crippen LogP contribution in [0.5, 0.6) is 5.75 Å². The molecule has 1 aromatic heterocycles. The van der Waals surface area contributed by atoms with Crippen LogP contribution in [0.4, 0.5) is 23.7 Å². The van der Waals surface area contributed by atoms with E-state index in [4.69, 9.17) is 9.47 Å². The molecule has 3 aromatic rings. The van der Waals surface area contributed by atoms with Crippen molar-refractivity contribution in [1.29, 1.82) is 0 Å². The van der Waals surface area contributed by atoms with Gasteiger partial charge in [0.05, 0.1) is 24.2 Å². The van der Waals surface area contributed by atoms with Gasteiger partial charge in [0.1, 0.15) is 17.2 Å². The molecule has 2 aromatic carbocycles. The molecule has 1 amide bonds. The Morgan fingerprint density at radius 2 is 1.82 bits per heavy atom. The number of amides is 1. The first-order valence-electron chi connectivity index (χ1n) is 12.8. The number of likely N-dealkylation sites (tertiary alicyclic amines) is 1. The van der Waals surface area contributed by atoms with Crippen molar-refractivity contribution in [2.75, 3.05) is 25.5 Å². The zero-order chi connectivity index (χ0) is 27.6. The van der Waals surface area contributed by atoms with Gasteiger partial charge in [-0.3, -0.25) is 4.98 Å². The molecule has 1 aliphatic heterocycles. The van der Waals surface area contributed by atoms with Gasteiger partial charge in [0.15, 0.2) is 0 Å². The van der Waals surface area contributed by atoms with Gasteiger partial charge >= 0.3 is 6.09 Å². The number of aromatic nitrogens is 1. The minimum absolute atomic E-state index is 0.152. The van der Waals surface area contributed by atoms with Crippen molar-refractivity contribution >= 4 is 22.7 Å². The van der Waals surface area contributed by atoms with Gasteiger partial charge in [-0.25, -0.2) is 18.0 Å². The molecule has 0 unspecified atom stereocenters. The number of ether oxygens (including phenoxy) is 2. The summed E-state index contributed by atoms with van der Waals surface area (Å²) in [6.07, 6.45) is -0.0741. The summed E-state index contributed by atoms with van der Waals surface area (Å²) < 4.78 is 52.5. The van der Waals surface area contributed by atoms with Gasteiger partial charge in [-0.2, -0.15) is 0 Å². The molecule has 1 N–H and O–H groups in total. The molecular weight excluding hydrogens is 495 g/mol. The molecule has 1 fully saturated rings. The summed E-state index contributed by atoms with van der Waals surface area (Å²) in [5.74, 6) is -0.0414. The number of hydrogen-bond donors (Lipinski definition) is 1. The van der Waals surface area contributed by atoms with Gasteiger partial charge in [0.2, 0.25) is 0 Å². The van der Waals surface area contributed by atoms with Crippen LogP contribution in [0.15, 0.2) is 42.6 Å². The van der Waals surface area contributed by atoms with Gasteiger partial charge in [-0.05, 0) is 64.2 Å². The number of pyridine rings is 1. The van der Waals surface area contributed by atoms with Crippen LogP contribution in [-0.4, -0.2) is 41.8 Å². The first-order valence-corrected chi connectivity index (χ1v) is 12.8. The van der Waals surface area contributed by atoms with E-state index in [-0.39, 0.29) is 17.6 Å². The largest absolute Gasteiger partial charge is 0.496 e. The van der Waals surface area contributed by atoms with E-state index in [2.05, 4.69) is 10.3 Å². The van der Waals surface area contributed by atoms with Gasteiger partial charge in [-0.15, -0.1) is 0 Å². The number of halogens is 3. The van der Waals surface area contributed by atoms with Crippen molar-refractivity contribution in [3.05, 3.63) is 65.1 Å². The number of benzene rings is 2. The summed E-state index contributed by atoms with van der Waals surface area (Å²) in [6, 6.07) is 9.17. The fraction of sp³-hybridized carbons (Fsp3) is 0.448. The third-order valence-corrected chi connectivity index (χ3v) is 6.81. The third-order valence-electron chi connectivity index (χ3n) is 6.81. The molecule has 2 heterocycles. The highest BCUT2D eigenvalue weighted by atomic mass is 19.3. The van der Waals surface area contributed by atoms with Crippen molar-refractivity contribution in [2.45, 2.75) is 64.5 Å². The van der Waals surface area contributed by atoms with Crippen LogP contribution in [-0.2, 0) is 4.74 Å². The molecule has 204 valence electrons. The number of fused-ring (bicyclic) bond motifs is 1. The summed E-state index contributed by atoms with van der Waals surface area (Å²) >= 11 is 0. The van der Waals surface area contributed by atoms with Crippen LogP contribution in [0.25, 0.3) is 10.9 Å². The molecule has 38 heavy (non-hydrogen) atoms. The predicted octanol–water partition coefficient (Wildman–Crippen LogP) is 7.61. The van der Waals surface area contributed by atoms with E-state index in [0.717, 1.165) is 29.9 Å². The zero-order valence-electron chi connectivity index (χ0n) is 22.4. The summed E-state index contributed by atoms with van der Waals surface area (Å²) in [7, 11) is 1.61. The molecular formula is C29H34F3N3O3. The van der Waals surface area contributed by atoms with E-state index in [1.807, 2.05) is 32.9 Å². The lowest BCUT2D eigenvalue weighted by Crippen LogP contribution is -2.41. The molecule has 0 radical (unpaired) electrons. The average Bonchev–Trinajstić information content (AvgIpc) is 2.87. The van der Waals surface area contributed by atoms with Crippen LogP contribution in [0.2, 0.25) is 0 Å². The maximum Gasteiger partial charge on any atom is 0.410 e. The Bertz CT molecular complexity index is 1300. The Hall–Kier alpha value is -3.49. The second-order valence-corrected chi connectivity index (χ2v) is 10.6. The molecule has 9 heteroatoms. The summed E-state index contributed by atoms with van der Waals surface area (Å²) in [5, 5.41) is 4.10. The summed E-state index contributed by atoms with van der Waals surface area (Å²) in [5.41, 5.74) is 1.40. The standard InChI is InChI=1S/C29H34F3N3O3/c1-17(19-7-6-8-20(26(19)30)27(31)32)34-23-9-12-33-24-16-25(37-5)21(15-22(23)24)18-10-13-35(14-11-18)28(36)38-29(2,3)4/h6-9,12,15-18,27H,10-11,13-14H2,1-5H3,(H,33,34)/t17-/m1/s1. The minimum atomic E-state index is -2.89. The van der Waals surface area contributed by atoms with Crippen LogP contribution in [0.3, 0.4) is 0 Å². The monoisotopic (exact) mass is 529 g/mol. The first-order chi connectivity index (χ1) is 18.0. The minimum Gasteiger partial charge on any atom is -0.496 e. The molecule has 1 atom stereocenters. The predicted molar refractivity (Wildman–Crippen MR) is 141 cm³/mol. The highest BCUT2D eigenvalue weighted by Crippen LogP contribution is 2.39. The fourth-order valence-corrected chi connectivity index (χ4v) is 4.89. The second-order valence-electron chi connectivity index (χ2n) is 10.6.